The highest BCUT2D eigenvalue weighted by Crippen LogP contribution is 2.22. The summed E-state index contributed by atoms with van der Waals surface area (Å²) >= 11 is 0. The molecule has 0 radical (unpaired) electrons. The number of nitrogens with one attached hydrogen (secondary N) is 1. The van der Waals surface area contributed by atoms with Gasteiger partial charge >= 0.3 is 6.03 Å². The van der Waals surface area contributed by atoms with Crippen molar-refractivity contribution in [3.63, 3.8) is 0 Å². The number of hydrogen-bond acceptors (Lipinski definition) is 4. The quantitative estimate of drug-likeness (QED) is 0.683. The zero-order valence-corrected chi connectivity index (χ0v) is 13.1. The number of nitro groups is 1. The summed E-state index contributed by atoms with van der Waals surface area (Å²) in [7, 11) is 0. The lowest BCUT2D eigenvalue weighted by Gasteiger charge is -2.21. The van der Waals surface area contributed by atoms with Gasteiger partial charge in [0.05, 0.1) is 4.92 Å². The van der Waals surface area contributed by atoms with Gasteiger partial charge in [0.15, 0.2) is 0 Å². The minimum atomic E-state index is -0.461. The maximum absolute atomic E-state index is 12.3. The minimum Gasteiger partial charge on any atom is -0.324 e. The van der Waals surface area contributed by atoms with Crippen LogP contribution in [0, 0.1) is 16.0 Å². The first-order chi connectivity index (χ1) is 11.1. The van der Waals surface area contributed by atoms with Gasteiger partial charge in [-0.15, -0.1) is 0 Å². The molecule has 124 valence electrons. The number of non-ortho nitro benzene ring substituents is 1. The van der Waals surface area contributed by atoms with Crippen LogP contribution in [0.15, 0.2) is 24.3 Å². The summed E-state index contributed by atoms with van der Waals surface area (Å²) in [5, 5.41) is 13.5. The third-order valence-electron chi connectivity index (χ3n) is 4.60. The molecule has 2 aliphatic heterocycles. The first-order valence-electron chi connectivity index (χ1n) is 8.14. The van der Waals surface area contributed by atoms with Crippen molar-refractivity contribution in [3.8, 4) is 0 Å². The zero-order chi connectivity index (χ0) is 16.2. The molecule has 1 aromatic carbocycles. The Balaban J connectivity index is 1.52. The van der Waals surface area contributed by atoms with Gasteiger partial charge in [0.2, 0.25) is 0 Å². The molecule has 1 N–H and O–H groups in total. The fraction of sp³-hybridized carbons (Fsp3) is 0.562. The largest absolute Gasteiger partial charge is 0.324 e. The summed E-state index contributed by atoms with van der Waals surface area (Å²) in [6.45, 7) is 4.93. The number of amides is 2. The van der Waals surface area contributed by atoms with E-state index in [1.165, 1.54) is 38.1 Å². The Bertz CT molecular complexity index is 586. The van der Waals surface area contributed by atoms with Gasteiger partial charge in [-0.25, -0.2) is 4.79 Å². The fourth-order valence-electron chi connectivity index (χ4n) is 3.40. The monoisotopic (exact) mass is 318 g/mol. The standard InChI is InChI=1S/C16H22N4O3/c21-16(17-14-4-3-5-15(10-14)20(22)23)19-9-6-13(12-19)11-18-7-1-2-8-18/h3-5,10,13H,1-2,6-9,11-12H2,(H,17,21)/t13-/m0/s1. The van der Waals surface area contributed by atoms with Gasteiger partial charge in [0.1, 0.15) is 0 Å². The van der Waals surface area contributed by atoms with E-state index in [0.29, 0.717) is 11.6 Å². The number of carbonyl (C=O) groups excluding carboxylic acids is 1. The number of nitro benzene ring substituents is 1. The molecule has 1 atom stereocenters. The van der Waals surface area contributed by atoms with E-state index >= 15 is 0 Å². The van der Waals surface area contributed by atoms with Gasteiger partial charge in [0, 0.05) is 37.5 Å². The summed E-state index contributed by atoms with van der Waals surface area (Å²) < 4.78 is 0. The smallest absolute Gasteiger partial charge is 0.321 e. The molecule has 0 saturated carbocycles. The summed E-state index contributed by atoms with van der Waals surface area (Å²) in [6, 6.07) is 5.87. The Morgan fingerprint density at radius 3 is 2.83 bits per heavy atom. The first kappa shape index (κ1) is 15.7. The molecule has 0 unspecified atom stereocenters. The molecule has 1 aromatic rings. The summed E-state index contributed by atoms with van der Waals surface area (Å²) in [5.41, 5.74) is 0.448. The Morgan fingerprint density at radius 2 is 2.09 bits per heavy atom. The average Bonchev–Trinajstić information content (AvgIpc) is 3.20. The second kappa shape index (κ2) is 6.95. The highest BCUT2D eigenvalue weighted by atomic mass is 16.6. The van der Waals surface area contributed by atoms with Crippen LogP contribution in [0.5, 0.6) is 0 Å². The van der Waals surface area contributed by atoms with E-state index in [-0.39, 0.29) is 11.7 Å². The molecule has 0 bridgehead atoms. The van der Waals surface area contributed by atoms with Crippen molar-refractivity contribution in [2.45, 2.75) is 19.3 Å². The van der Waals surface area contributed by atoms with Gasteiger partial charge in [-0.3, -0.25) is 10.1 Å². The molecule has 0 aliphatic carbocycles. The molecular weight excluding hydrogens is 296 g/mol. The van der Waals surface area contributed by atoms with Crippen LogP contribution >= 0.6 is 0 Å². The molecule has 2 heterocycles. The molecule has 2 saturated heterocycles. The number of benzene rings is 1. The number of likely N-dealkylation sites (tertiary alicyclic amines) is 2. The normalized spacial score (nSPS) is 21.6. The molecule has 2 fully saturated rings. The Kier molecular flexibility index (Phi) is 4.76. The minimum absolute atomic E-state index is 0.0175. The van der Waals surface area contributed by atoms with Gasteiger partial charge in [-0.2, -0.15) is 0 Å². The second-order valence-corrected chi connectivity index (χ2v) is 6.35. The number of nitrogens with zero attached hydrogens (tertiary/aromatic N) is 3. The van der Waals surface area contributed by atoms with Gasteiger partial charge in [-0.05, 0) is 44.3 Å². The van der Waals surface area contributed by atoms with E-state index in [0.717, 1.165) is 26.1 Å². The van der Waals surface area contributed by atoms with E-state index in [9.17, 15) is 14.9 Å². The Labute approximate surface area is 135 Å². The van der Waals surface area contributed by atoms with Crippen molar-refractivity contribution in [1.29, 1.82) is 0 Å². The number of anilines is 1. The maximum atomic E-state index is 12.3. The van der Waals surface area contributed by atoms with Crippen molar-refractivity contribution in [3.05, 3.63) is 34.4 Å². The van der Waals surface area contributed by atoms with E-state index in [2.05, 4.69) is 10.2 Å². The van der Waals surface area contributed by atoms with Crippen LogP contribution in [0.2, 0.25) is 0 Å². The first-order valence-corrected chi connectivity index (χ1v) is 8.14. The van der Waals surface area contributed by atoms with E-state index in [4.69, 9.17) is 0 Å². The van der Waals surface area contributed by atoms with Crippen molar-refractivity contribution in [2.24, 2.45) is 5.92 Å². The summed E-state index contributed by atoms with van der Waals surface area (Å²) in [4.78, 5) is 26.9. The lowest BCUT2D eigenvalue weighted by atomic mass is 10.1. The predicted octanol–water partition coefficient (Wildman–Crippen LogP) is 2.54. The highest BCUT2D eigenvalue weighted by molar-refractivity contribution is 5.89. The number of rotatable bonds is 4. The van der Waals surface area contributed by atoms with E-state index in [1.807, 2.05) is 0 Å². The molecule has 2 aliphatic rings. The van der Waals surface area contributed by atoms with E-state index in [1.54, 1.807) is 17.0 Å². The average molecular weight is 318 g/mol. The topological polar surface area (TPSA) is 78.7 Å². The van der Waals surface area contributed by atoms with Crippen LogP contribution < -0.4 is 5.32 Å². The van der Waals surface area contributed by atoms with Crippen LogP contribution in [-0.4, -0.2) is 53.5 Å². The highest BCUT2D eigenvalue weighted by Gasteiger charge is 2.28. The van der Waals surface area contributed by atoms with Crippen LogP contribution in [0.25, 0.3) is 0 Å². The number of carbonyl (C=O) groups is 1. The van der Waals surface area contributed by atoms with Gasteiger partial charge in [-0.1, -0.05) is 6.07 Å². The Hall–Kier alpha value is -2.15. The third-order valence-corrected chi connectivity index (χ3v) is 4.60. The molecular formula is C16H22N4O3. The lowest BCUT2D eigenvalue weighted by molar-refractivity contribution is -0.384. The molecule has 7 nitrogen and oxygen atoms in total. The van der Waals surface area contributed by atoms with Crippen molar-refractivity contribution < 1.29 is 9.72 Å². The second-order valence-electron chi connectivity index (χ2n) is 6.35. The molecule has 2 amide bonds. The van der Waals surface area contributed by atoms with Crippen molar-refractivity contribution in [1.82, 2.24) is 9.80 Å². The van der Waals surface area contributed by atoms with Gasteiger partial charge in [0.25, 0.3) is 5.69 Å². The Morgan fingerprint density at radius 1 is 1.30 bits per heavy atom. The number of hydrogen-bond donors (Lipinski definition) is 1. The maximum Gasteiger partial charge on any atom is 0.321 e. The number of urea groups is 1. The van der Waals surface area contributed by atoms with Crippen LogP contribution in [0.1, 0.15) is 19.3 Å². The molecule has 23 heavy (non-hydrogen) atoms. The molecule has 0 spiro atoms. The predicted molar refractivity (Wildman–Crippen MR) is 87.5 cm³/mol. The third kappa shape index (κ3) is 3.98. The zero-order valence-electron chi connectivity index (χ0n) is 13.1. The van der Waals surface area contributed by atoms with Gasteiger partial charge < -0.3 is 15.1 Å². The molecule has 0 aromatic heterocycles. The van der Waals surface area contributed by atoms with E-state index < -0.39 is 4.92 Å². The summed E-state index contributed by atoms with van der Waals surface area (Å²) in [6.07, 6.45) is 3.59. The molecule has 7 heteroatoms. The lowest BCUT2D eigenvalue weighted by Crippen LogP contribution is -2.34. The van der Waals surface area contributed by atoms with Crippen LogP contribution in [0.4, 0.5) is 16.2 Å². The van der Waals surface area contributed by atoms with Crippen molar-refractivity contribution in [2.75, 3.05) is 38.0 Å². The SMILES string of the molecule is O=C(Nc1cccc([N+](=O)[O-])c1)N1CC[C@@H](CN2CCCC2)C1. The van der Waals surface area contributed by atoms with Crippen LogP contribution in [-0.2, 0) is 0 Å². The molecule has 3 rings (SSSR count). The summed E-state index contributed by atoms with van der Waals surface area (Å²) in [5.74, 6) is 0.531. The van der Waals surface area contributed by atoms with Crippen LogP contribution in [0.3, 0.4) is 0 Å². The fourth-order valence-corrected chi connectivity index (χ4v) is 3.40. The van der Waals surface area contributed by atoms with Crippen molar-refractivity contribution >= 4 is 17.4 Å².